The summed E-state index contributed by atoms with van der Waals surface area (Å²) in [5.74, 6) is 0. The predicted molar refractivity (Wildman–Crippen MR) is 79.7 cm³/mol. The van der Waals surface area contributed by atoms with Gasteiger partial charge in [-0.25, -0.2) is 13.4 Å². The van der Waals surface area contributed by atoms with E-state index in [1.165, 1.54) is 23.4 Å². The molecule has 0 aromatic heterocycles. The van der Waals surface area contributed by atoms with Gasteiger partial charge in [0.2, 0.25) is 0 Å². The standard InChI is InChI=1S/C14H23N3O2S/c1-4-11-5-8-14(20(18,19)16-17(2)3)9-12(11)10-15-13-6-7-13/h5,8-9,13,15-16H,4,6-7,10H2,1-3H3. The lowest BCUT2D eigenvalue weighted by Gasteiger charge is -2.15. The van der Waals surface area contributed by atoms with Gasteiger partial charge in [0.15, 0.2) is 0 Å². The molecule has 0 bridgehead atoms. The third kappa shape index (κ3) is 4.02. The number of hydrogen-bond acceptors (Lipinski definition) is 4. The number of aryl methyl sites for hydroxylation is 1. The number of nitrogens with one attached hydrogen (secondary N) is 2. The quantitative estimate of drug-likeness (QED) is 0.744. The summed E-state index contributed by atoms with van der Waals surface area (Å²) in [6, 6.07) is 5.97. The summed E-state index contributed by atoms with van der Waals surface area (Å²) in [5.41, 5.74) is 2.27. The van der Waals surface area contributed by atoms with Crippen LogP contribution in [0.25, 0.3) is 0 Å². The minimum absolute atomic E-state index is 0.316. The van der Waals surface area contributed by atoms with Crippen LogP contribution in [-0.4, -0.2) is 33.6 Å². The maximum atomic E-state index is 12.2. The van der Waals surface area contributed by atoms with Gasteiger partial charge in [-0.15, -0.1) is 4.83 Å². The Morgan fingerprint density at radius 1 is 1.25 bits per heavy atom. The number of sulfonamides is 1. The zero-order chi connectivity index (χ0) is 14.8. The molecule has 6 heteroatoms. The van der Waals surface area contributed by atoms with Crippen LogP contribution in [0.4, 0.5) is 0 Å². The molecule has 1 aromatic rings. The Morgan fingerprint density at radius 2 is 1.95 bits per heavy atom. The normalized spacial score (nSPS) is 15.8. The molecular formula is C14H23N3O2S. The molecule has 1 aliphatic carbocycles. The zero-order valence-electron chi connectivity index (χ0n) is 12.3. The van der Waals surface area contributed by atoms with Crippen molar-refractivity contribution in [2.24, 2.45) is 0 Å². The van der Waals surface area contributed by atoms with Crippen molar-refractivity contribution in [3.63, 3.8) is 0 Å². The van der Waals surface area contributed by atoms with Crippen LogP contribution in [0.5, 0.6) is 0 Å². The first-order valence-corrected chi connectivity index (χ1v) is 8.45. The molecule has 1 fully saturated rings. The van der Waals surface area contributed by atoms with Crippen LogP contribution in [0, 0.1) is 0 Å². The number of benzene rings is 1. The van der Waals surface area contributed by atoms with Crippen LogP contribution >= 0.6 is 0 Å². The van der Waals surface area contributed by atoms with Gasteiger partial charge in [-0.3, -0.25) is 0 Å². The van der Waals surface area contributed by atoms with Crippen LogP contribution < -0.4 is 10.1 Å². The lowest BCUT2D eigenvalue weighted by molar-refractivity contribution is 0.364. The molecule has 0 spiro atoms. The molecule has 1 saturated carbocycles. The first-order chi connectivity index (χ1) is 9.42. The van der Waals surface area contributed by atoms with E-state index in [1.807, 2.05) is 6.07 Å². The van der Waals surface area contributed by atoms with Crippen molar-refractivity contribution in [3.8, 4) is 0 Å². The van der Waals surface area contributed by atoms with Gasteiger partial charge in [-0.2, -0.15) is 0 Å². The van der Waals surface area contributed by atoms with Crippen molar-refractivity contribution in [1.29, 1.82) is 0 Å². The van der Waals surface area contributed by atoms with Crippen LogP contribution in [0.1, 0.15) is 30.9 Å². The molecule has 1 aromatic carbocycles. The minimum Gasteiger partial charge on any atom is -0.310 e. The van der Waals surface area contributed by atoms with E-state index in [1.54, 1.807) is 26.2 Å². The van der Waals surface area contributed by atoms with Gasteiger partial charge in [-0.1, -0.05) is 13.0 Å². The van der Waals surface area contributed by atoms with E-state index in [0.29, 0.717) is 10.9 Å². The average Bonchev–Trinajstić information content (AvgIpc) is 3.18. The van der Waals surface area contributed by atoms with E-state index in [9.17, 15) is 8.42 Å². The van der Waals surface area contributed by atoms with Crippen LogP contribution in [0.2, 0.25) is 0 Å². The van der Waals surface area contributed by atoms with Gasteiger partial charge in [0.1, 0.15) is 0 Å². The Labute approximate surface area is 121 Å². The zero-order valence-corrected chi connectivity index (χ0v) is 13.1. The number of nitrogens with zero attached hydrogens (tertiary/aromatic N) is 1. The topological polar surface area (TPSA) is 61.4 Å². The number of rotatable bonds is 7. The Balaban J connectivity index is 2.23. The third-order valence-electron chi connectivity index (χ3n) is 3.33. The van der Waals surface area contributed by atoms with Crippen LogP contribution in [0.3, 0.4) is 0 Å². The fraction of sp³-hybridized carbons (Fsp3) is 0.571. The molecule has 0 aliphatic heterocycles. The first kappa shape index (κ1) is 15.4. The molecule has 0 amide bonds. The molecule has 2 N–H and O–H groups in total. The van der Waals surface area contributed by atoms with E-state index in [2.05, 4.69) is 17.1 Å². The first-order valence-electron chi connectivity index (χ1n) is 6.97. The van der Waals surface area contributed by atoms with Crippen molar-refractivity contribution in [3.05, 3.63) is 29.3 Å². The second-order valence-electron chi connectivity index (χ2n) is 5.43. The maximum absolute atomic E-state index is 12.2. The fourth-order valence-electron chi connectivity index (χ4n) is 2.11. The minimum atomic E-state index is -3.48. The molecule has 1 aliphatic rings. The Kier molecular flexibility index (Phi) is 4.80. The summed E-state index contributed by atoms with van der Waals surface area (Å²) in [6.07, 6.45) is 3.35. The highest BCUT2D eigenvalue weighted by Crippen LogP contribution is 2.21. The van der Waals surface area contributed by atoms with Crippen molar-refractivity contribution in [2.75, 3.05) is 14.1 Å². The maximum Gasteiger partial charge on any atom is 0.253 e. The Morgan fingerprint density at radius 3 is 2.50 bits per heavy atom. The Hall–Kier alpha value is -0.950. The van der Waals surface area contributed by atoms with Gasteiger partial charge in [0.05, 0.1) is 4.90 Å². The Bertz CT molecular complexity index is 566. The highest BCUT2D eigenvalue weighted by molar-refractivity contribution is 7.89. The van der Waals surface area contributed by atoms with E-state index in [4.69, 9.17) is 0 Å². The largest absolute Gasteiger partial charge is 0.310 e. The lowest BCUT2D eigenvalue weighted by Crippen LogP contribution is -2.36. The van der Waals surface area contributed by atoms with Crippen LogP contribution in [0.15, 0.2) is 23.1 Å². The predicted octanol–water partition coefficient (Wildman–Crippen LogP) is 1.26. The lowest BCUT2D eigenvalue weighted by atomic mass is 10.1. The van der Waals surface area contributed by atoms with E-state index in [0.717, 1.165) is 18.5 Å². The summed E-state index contributed by atoms with van der Waals surface area (Å²) in [5, 5.41) is 4.88. The summed E-state index contributed by atoms with van der Waals surface area (Å²) in [4.78, 5) is 2.78. The molecule has 0 saturated heterocycles. The van der Waals surface area contributed by atoms with Crippen molar-refractivity contribution < 1.29 is 8.42 Å². The monoisotopic (exact) mass is 297 g/mol. The molecule has 0 radical (unpaired) electrons. The highest BCUT2D eigenvalue weighted by atomic mass is 32.2. The molecule has 0 heterocycles. The van der Waals surface area contributed by atoms with Crippen molar-refractivity contribution in [2.45, 2.75) is 43.7 Å². The van der Waals surface area contributed by atoms with Gasteiger partial charge in [-0.05, 0) is 42.5 Å². The molecule has 2 rings (SSSR count). The summed E-state index contributed by atoms with van der Waals surface area (Å²) in [7, 11) is -0.161. The summed E-state index contributed by atoms with van der Waals surface area (Å²) in [6.45, 7) is 2.82. The van der Waals surface area contributed by atoms with Gasteiger partial charge >= 0.3 is 0 Å². The van der Waals surface area contributed by atoms with Gasteiger partial charge in [0.25, 0.3) is 10.0 Å². The van der Waals surface area contributed by atoms with E-state index < -0.39 is 10.0 Å². The van der Waals surface area contributed by atoms with Gasteiger partial charge < -0.3 is 5.32 Å². The highest BCUT2D eigenvalue weighted by Gasteiger charge is 2.21. The van der Waals surface area contributed by atoms with Crippen LogP contribution in [-0.2, 0) is 23.0 Å². The molecule has 20 heavy (non-hydrogen) atoms. The average molecular weight is 297 g/mol. The molecule has 112 valence electrons. The molecule has 0 atom stereocenters. The van der Waals surface area contributed by atoms with Crippen molar-refractivity contribution in [1.82, 2.24) is 15.2 Å². The van der Waals surface area contributed by atoms with Crippen molar-refractivity contribution >= 4 is 10.0 Å². The molecular weight excluding hydrogens is 274 g/mol. The van der Waals surface area contributed by atoms with E-state index >= 15 is 0 Å². The van der Waals surface area contributed by atoms with Gasteiger partial charge in [0, 0.05) is 26.7 Å². The second-order valence-corrected chi connectivity index (χ2v) is 7.09. The summed E-state index contributed by atoms with van der Waals surface area (Å²) < 4.78 is 24.3. The fourth-order valence-corrected chi connectivity index (χ4v) is 3.24. The molecule has 5 nitrogen and oxygen atoms in total. The third-order valence-corrected chi connectivity index (χ3v) is 4.81. The summed E-state index contributed by atoms with van der Waals surface area (Å²) >= 11 is 0. The number of hydrazine groups is 1. The van der Waals surface area contributed by atoms with E-state index in [-0.39, 0.29) is 0 Å². The SMILES string of the molecule is CCc1ccc(S(=O)(=O)NN(C)C)cc1CNC1CC1. The second kappa shape index (κ2) is 6.22. The number of hydrogen-bond donors (Lipinski definition) is 2. The molecule has 0 unspecified atom stereocenters. The smallest absolute Gasteiger partial charge is 0.253 e.